The molecule has 16 heavy (non-hydrogen) atoms. The van der Waals surface area contributed by atoms with Crippen LogP contribution in [0.3, 0.4) is 0 Å². The van der Waals surface area contributed by atoms with Crippen LogP contribution < -0.4 is 10.6 Å². The molecule has 1 aromatic rings. The molecule has 1 rings (SSSR count). The highest BCUT2D eigenvalue weighted by Crippen LogP contribution is 2.07. The van der Waals surface area contributed by atoms with Crippen molar-refractivity contribution in [3.8, 4) is 0 Å². The van der Waals surface area contributed by atoms with Crippen LogP contribution in [0.1, 0.15) is 30.8 Å². The Morgan fingerprint density at radius 2 is 2.00 bits per heavy atom. The summed E-state index contributed by atoms with van der Waals surface area (Å²) in [4.78, 5) is 1.25. The van der Waals surface area contributed by atoms with Crippen LogP contribution in [-0.4, -0.2) is 29.2 Å². The number of rotatable bonds is 8. The Kier molecular flexibility index (Phi) is 6.52. The van der Waals surface area contributed by atoms with Crippen molar-refractivity contribution >= 4 is 11.5 Å². The molecule has 0 radical (unpaired) electrons. The van der Waals surface area contributed by atoms with Gasteiger partial charge >= 0.3 is 0 Å². The van der Waals surface area contributed by atoms with Crippen molar-refractivity contribution < 1.29 is 0 Å². The lowest BCUT2D eigenvalue weighted by molar-refractivity contribution is 0.530. The molecule has 0 unspecified atom stereocenters. The van der Waals surface area contributed by atoms with Crippen molar-refractivity contribution in [3.63, 3.8) is 0 Å². The number of nitrogens with one attached hydrogen (secondary N) is 2. The molecule has 0 atom stereocenters. The summed E-state index contributed by atoms with van der Waals surface area (Å²) in [5, 5.41) is 10.8. The zero-order valence-corrected chi connectivity index (χ0v) is 11.2. The van der Waals surface area contributed by atoms with E-state index in [9.17, 15) is 0 Å². The van der Waals surface area contributed by atoms with Gasteiger partial charge in [-0.05, 0) is 50.4 Å². The summed E-state index contributed by atoms with van der Waals surface area (Å²) in [5.41, 5.74) is 1.05. The summed E-state index contributed by atoms with van der Waals surface area (Å²) in [7, 11) is 0. The van der Waals surface area contributed by atoms with E-state index in [-0.39, 0.29) is 0 Å². The molecule has 92 valence electrons. The second-order valence-electron chi connectivity index (χ2n) is 4.41. The summed E-state index contributed by atoms with van der Waals surface area (Å²) in [6.07, 6.45) is 1.16. The largest absolute Gasteiger partial charge is 0.316 e. The van der Waals surface area contributed by atoms with Crippen molar-refractivity contribution in [2.45, 2.75) is 33.7 Å². The summed E-state index contributed by atoms with van der Waals surface area (Å²) in [6, 6.07) is 0. The molecule has 0 aliphatic rings. The molecule has 0 aromatic carbocycles. The zero-order valence-electron chi connectivity index (χ0n) is 10.4. The van der Waals surface area contributed by atoms with Gasteiger partial charge in [-0.3, -0.25) is 0 Å². The quantitative estimate of drug-likeness (QED) is 0.679. The number of hydrogen-bond donors (Lipinski definition) is 2. The molecule has 5 heteroatoms. The van der Waals surface area contributed by atoms with Crippen LogP contribution in [0.4, 0.5) is 0 Å². The first-order valence-electron chi connectivity index (χ1n) is 5.89. The van der Waals surface area contributed by atoms with Crippen molar-refractivity contribution in [1.29, 1.82) is 0 Å². The van der Waals surface area contributed by atoms with Crippen LogP contribution in [0.25, 0.3) is 0 Å². The average Bonchev–Trinajstić information content (AvgIpc) is 2.62. The maximum Gasteiger partial charge on any atom is 0.0769 e. The number of aromatic nitrogens is 2. The van der Waals surface area contributed by atoms with Crippen molar-refractivity contribution in [1.82, 2.24) is 20.2 Å². The topological polar surface area (TPSA) is 49.8 Å². The van der Waals surface area contributed by atoms with E-state index in [0.29, 0.717) is 0 Å². The predicted octanol–water partition coefficient (Wildman–Crippen LogP) is 1.57. The molecule has 0 amide bonds. The maximum atomic E-state index is 3.98. The normalized spacial score (nSPS) is 11.2. The van der Waals surface area contributed by atoms with Crippen molar-refractivity contribution in [2.75, 3.05) is 19.6 Å². The molecule has 4 nitrogen and oxygen atoms in total. The van der Waals surface area contributed by atoms with E-state index < -0.39 is 0 Å². The maximum absolute atomic E-state index is 3.98. The van der Waals surface area contributed by atoms with E-state index in [1.54, 1.807) is 0 Å². The minimum absolute atomic E-state index is 0.735. The Bertz CT molecular complexity index is 285. The van der Waals surface area contributed by atoms with Crippen LogP contribution in [0, 0.1) is 12.8 Å². The molecule has 0 bridgehead atoms. The van der Waals surface area contributed by atoms with Gasteiger partial charge in [0, 0.05) is 6.54 Å². The van der Waals surface area contributed by atoms with E-state index in [1.165, 1.54) is 16.4 Å². The van der Waals surface area contributed by atoms with Gasteiger partial charge in [0.05, 0.1) is 10.6 Å². The minimum Gasteiger partial charge on any atom is -0.316 e. The summed E-state index contributed by atoms with van der Waals surface area (Å²) >= 11 is 1.48. The number of aryl methyl sites for hydroxylation is 1. The molecule has 0 aliphatic heterocycles. The molecular formula is C11H22N4S. The van der Waals surface area contributed by atoms with Gasteiger partial charge < -0.3 is 10.6 Å². The van der Waals surface area contributed by atoms with Crippen LogP contribution in [-0.2, 0) is 6.54 Å². The molecule has 0 fully saturated rings. The second kappa shape index (κ2) is 7.70. The molecule has 2 N–H and O–H groups in total. The highest BCUT2D eigenvalue weighted by Gasteiger charge is 2.01. The molecule has 0 saturated heterocycles. The highest BCUT2D eigenvalue weighted by molar-refractivity contribution is 7.05. The third kappa shape index (κ3) is 5.53. The van der Waals surface area contributed by atoms with Crippen LogP contribution in [0.5, 0.6) is 0 Å². The first kappa shape index (κ1) is 13.5. The van der Waals surface area contributed by atoms with E-state index in [4.69, 9.17) is 0 Å². The SMILES string of the molecule is Cc1nnsc1CNCCCNCC(C)C. The Balaban J connectivity index is 1.94. The van der Waals surface area contributed by atoms with E-state index in [1.807, 2.05) is 6.92 Å². The monoisotopic (exact) mass is 242 g/mol. The van der Waals surface area contributed by atoms with Gasteiger partial charge in [-0.15, -0.1) is 5.10 Å². The fraction of sp³-hybridized carbons (Fsp3) is 0.818. The number of hydrogen-bond acceptors (Lipinski definition) is 5. The number of nitrogens with zero attached hydrogens (tertiary/aromatic N) is 2. The Hall–Kier alpha value is -0.520. The van der Waals surface area contributed by atoms with Crippen molar-refractivity contribution in [3.05, 3.63) is 10.6 Å². The lowest BCUT2D eigenvalue weighted by atomic mass is 10.2. The smallest absolute Gasteiger partial charge is 0.0769 e. The molecular weight excluding hydrogens is 220 g/mol. The highest BCUT2D eigenvalue weighted by atomic mass is 32.1. The predicted molar refractivity (Wildman–Crippen MR) is 68.7 cm³/mol. The first-order valence-corrected chi connectivity index (χ1v) is 6.66. The zero-order chi connectivity index (χ0) is 11.8. The van der Waals surface area contributed by atoms with Gasteiger partial charge in [-0.25, -0.2) is 0 Å². The summed E-state index contributed by atoms with van der Waals surface area (Å²) in [6.45, 7) is 10.6. The lowest BCUT2D eigenvalue weighted by Crippen LogP contribution is -2.24. The van der Waals surface area contributed by atoms with E-state index in [2.05, 4.69) is 34.1 Å². The summed E-state index contributed by atoms with van der Waals surface area (Å²) in [5.74, 6) is 0.735. The van der Waals surface area contributed by atoms with Crippen LogP contribution >= 0.6 is 11.5 Å². The van der Waals surface area contributed by atoms with Gasteiger partial charge in [0.2, 0.25) is 0 Å². The first-order chi connectivity index (χ1) is 7.70. The Morgan fingerprint density at radius 3 is 2.62 bits per heavy atom. The molecule has 1 heterocycles. The second-order valence-corrected chi connectivity index (χ2v) is 5.25. The molecule has 0 aliphatic carbocycles. The Morgan fingerprint density at radius 1 is 1.25 bits per heavy atom. The van der Waals surface area contributed by atoms with Crippen molar-refractivity contribution in [2.24, 2.45) is 5.92 Å². The molecule has 0 spiro atoms. The van der Waals surface area contributed by atoms with E-state index in [0.717, 1.165) is 44.2 Å². The molecule has 1 aromatic heterocycles. The minimum atomic E-state index is 0.735. The lowest BCUT2D eigenvalue weighted by Gasteiger charge is -2.07. The van der Waals surface area contributed by atoms with Gasteiger partial charge in [0.15, 0.2) is 0 Å². The van der Waals surface area contributed by atoms with E-state index >= 15 is 0 Å². The third-order valence-electron chi connectivity index (χ3n) is 2.29. The van der Waals surface area contributed by atoms with Gasteiger partial charge in [0.25, 0.3) is 0 Å². The van der Waals surface area contributed by atoms with Crippen LogP contribution in [0.15, 0.2) is 0 Å². The fourth-order valence-corrected chi connectivity index (χ4v) is 1.95. The Labute approximate surface area is 102 Å². The van der Waals surface area contributed by atoms with Crippen LogP contribution in [0.2, 0.25) is 0 Å². The summed E-state index contributed by atoms with van der Waals surface area (Å²) < 4.78 is 3.91. The van der Waals surface area contributed by atoms with Gasteiger partial charge in [-0.1, -0.05) is 18.3 Å². The van der Waals surface area contributed by atoms with Gasteiger partial charge in [0.1, 0.15) is 0 Å². The standard InChI is InChI=1S/C11H22N4S/c1-9(2)7-12-5-4-6-13-8-11-10(3)14-15-16-11/h9,12-13H,4-8H2,1-3H3. The molecule has 0 saturated carbocycles. The fourth-order valence-electron chi connectivity index (χ4n) is 1.34. The average molecular weight is 242 g/mol. The third-order valence-corrected chi connectivity index (χ3v) is 3.11. The van der Waals surface area contributed by atoms with Gasteiger partial charge in [-0.2, -0.15) is 0 Å².